The van der Waals surface area contributed by atoms with Crippen molar-refractivity contribution in [3.05, 3.63) is 53.3 Å². The molecular weight excluding hydrogens is 300 g/mol. The average Bonchev–Trinajstić information content (AvgIpc) is 2.92. The van der Waals surface area contributed by atoms with Gasteiger partial charge in [-0.05, 0) is 35.7 Å². The number of rotatable bonds is 4. The molecule has 0 aliphatic heterocycles. The van der Waals surface area contributed by atoms with Crippen LogP contribution in [0.2, 0.25) is 5.02 Å². The number of ether oxygens (including phenoxy) is 1. The number of nitrogens with one attached hydrogen (secondary N) is 1. The van der Waals surface area contributed by atoms with E-state index >= 15 is 0 Å². The number of hydrogen-bond acceptors (Lipinski definition) is 3. The van der Waals surface area contributed by atoms with E-state index < -0.39 is 0 Å². The highest BCUT2D eigenvalue weighted by molar-refractivity contribution is 6.30. The lowest BCUT2D eigenvalue weighted by Gasteiger charge is -2.05. The molecule has 0 radical (unpaired) electrons. The van der Waals surface area contributed by atoms with Gasteiger partial charge in [0.15, 0.2) is 0 Å². The summed E-state index contributed by atoms with van der Waals surface area (Å²) >= 11 is 5.96. The number of aryl methyl sites for hydroxylation is 1. The number of benzene rings is 1. The van der Waals surface area contributed by atoms with Gasteiger partial charge < -0.3 is 9.72 Å². The summed E-state index contributed by atoms with van der Waals surface area (Å²) in [5, 5.41) is 1.72. The number of methoxy groups -OCH3 is 1. The van der Waals surface area contributed by atoms with Crippen molar-refractivity contribution in [1.29, 1.82) is 0 Å². The van der Waals surface area contributed by atoms with Crippen LogP contribution in [0.5, 0.6) is 0 Å². The van der Waals surface area contributed by atoms with Crippen molar-refractivity contribution in [2.24, 2.45) is 0 Å². The first-order chi connectivity index (χ1) is 10.7. The van der Waals surface area contributed by atoms with Crippen molar-refractivity contribution < 1.29 is 9.53 Å². The van der Waals surface area contributed by atoms with Gasteiger partial charge in [-0.25, -0.2) is 0 Å². The van der Waals surface area contributed by atoms with Crippen molar-refractivity contribution in [1.82, 2.24) is 9.97 Å². The standard InChI is InChI=1S/C17H15ClN2O2/c1-22-16(21)7-6-13-14-10-19-9-8-15(14)20-17(13)11-2-4-12(18)5-3-11/h2-5,8-10,20H,6-7H2,1H3. The van der Waals surface area contributed by atoms with Gasteiger partial charge in [-0.1, -0.05) is 23.7 Å². The topological polar surface area (TPSA) is 55.0 Å². The maximum atomic E-state index is 11.5. The molecule has 0 saturated carbocycles. The molecular formula is C17H15ClN2O2. The average molecular weight is 315 g/mol. The number of aromatic amines is 1. The Morgan fingerprint density at radius 3 is 2.77 bits per heavy atom. The van der Waals surface area contributed by atoms with E-state index in [-0.39, 0.29) is 5.97 Å². The normalized spacial score (nSPS) is 10.8. The van der Waals surface area contributed by atoms with Crippen molar-refractivity contribution >= 4 is 28.5 Å². The van der Waals surface area contributed by atoms with Crippen LogP contribution < -0.4 is 0 Å². The molecule has 1 N–H and O–H groups in total. The molecule has 3 aromatic rings. The number of fused-ring (bicyclic) bond motifs is 1. The van der Waals surface area contributed by atoms with Crippen LogP contribution in [0.4, 0.5) is 0 Å². The Morgan fingerprint density at radius 2 is 2.05 bits per heavy atom. The fourth-order valence-electron chi connectivity index (χ4n) is 2.54. The summed E-state index contributed by atoms with van der Waals surface area (Å²) < 4.78 is 4.74. The van der Waals surface area contributed by atoms with E-state index in [9.17, 15) is 4.79 Å². The molecule has 2 heterocycles. The van der Waals surface area contributed by atoms with Crippen LogP contribution in [0.15, 0.2) is 42.7 Å². The lowest BCUT2D eigenvalue weighted by molar-refractivity contribution is -0.140. The van der Waals surface area contributed by atoms with Gasteiger partial charge in [-0.3, -0.25) is 9.78 Å². The lowest BCUT2D eigenvalue weighted by Crippen LogP contribution is -2.02. The summed E-state index contributed by atoms with van der Waals surface area (Å²) in [6, 6.07) is 9.55. The SMILES string of the molecule is COC(=O)CCc1c(-c2ccc(Cl)cc2)[nH]c2ccncc12. The first-order valence-corrected chi connectivity index (χ1v) is 7.34. The number of carbonyl (C=O) groups is 1. The number of aromatic nitrogens is 2. The van der Waals surface area contributed by atoms with E-state index in [1.165, 1.54) is 7.11 Å². The molecule has 4 nitrogen and oxygen atoms in total. The summed E-state index contributed by atoms with van der Waals surface area (Å²) in [6.45, 7) is 0. The Labute approximate surface area is 133 Å². The Kier molecular flexibility index (Phi) is 4.11. The highest BCUT2D eigenvalue weighted by atomic mass is 35.5. The molecule has 0 fully saturated rings. The van der Waals surface area contributed by atoms with Crippen molar-refractivity contribution in [3.8, 4) is 11.3 Å². The quantitative estimate of drug-likeness (QED) is 0.741. The first-order valence-electron chi connectivity index (χ1n) is 6.96. The third-order valence-electron chi connectivity index (χ3n) is 3.65. The van der Waals surface area contributed by atoms with Gasteiger partial charge in [0.2, 0.25) is 0 Å². The summed E-state index contributed by atoms with van der Waals surface area (Å²) in [4.78, 5) is 19.1. The Hall–Kier alpha value is -2.33. The van der Waals surface area contributed by atoms with E-state index in [0.717, 1.165) is 27.7 Å². The molecule has 0 unspecified atom stereocenters. The van der Waals surface area contributed by atoms with Gasteiger partial charge in [0.05, 0.1) is 7.11 Å². The predicted octanol–water partition coefficient (Wildman–Crippen LogP) is 3.99. The molecule has 0 amide bonds. The molecule has 0 aliphatic rings. The van der Waals surface area contributed by atoms with Gasteiger partial charge in [0, 0.05) is 40.4 Å². The minimum absolute atomic E-state index is 0.222. The molecule has 0 aliphatic carbocycles. The third kappa shape index (κ3) is 2.83. The number of hydrogen-bond donors (Lipinski definition) is 1. The largest absolute Gasteiger partial charge is 0.469 e. The number of carbonyl (C=O) groups excluding carboxylic acids is 1. The highest BCUT2D eigenvalue weighted by Crippen LogP contribution is 2.31. The Balaban J connectivity index is 2.07. The third-order valence-corrected chi connectivity index (χ3v) is 3.90. The van der Waals surface area contributed by atoms with Gasteiger partial charge in [0.1, 0.15) is 0 Å². The summed E-state index contributed by atoms with van der Waals surface area (Å²) in [5.41, 5.74) is 4.08. The molecule has 0 atom stereocenters. The molecule has 3 rings (SSSR count). The number of H-pyrrole nitrogens is 1. The van der Waals surface area contributed by atoms with Crippen LogP contribution in [0.25, 0.3) is 22.2 Å². The van der Waals surface area contributed by atoms with Crippen LogP contribution in [0.3, 0.4) is 0 Å². The maximum absolute atomic E-state index is 11.5. The van der Waals surface area contributed by atoms with E-state index in [1.807, 2.05) is 36.5 Å². The van der Waals surface area contributed by atoms with Crippen LogP contribution >= 0.6 is 11.6 Å². The maximum Gasteiger partial charge on any atom is 0.305 e. The molecule has 0 bridgehead atoms. The smallest absolute Gasteiger partial charge is 0.305 e. The van der Waals surface area contributed by atoms with Crippen LogP contribution in [-0.4, -0.2) is 23.0 Å². The fourth-order valence-corrected chi connectivity index (χ4v) is 2.67. The first kappa shape index (κ1) is 14.6. The minimum Gasteiger partial charge on any atom is -0.469 e. The van der Waals surface area contributed by atoms with Gasteiger partial charge >= 0.3 is 5.97 Å². The van der Waals surface area contributed by atoms with E-state index in [1.54, 1.807) is 6.20 Å². The molecule has 1 aromatic carbocycles. The van der Waals surface area contributed by atoms with Gasteiger partial charge in [0.25, 0.3) is 0 Å². The van der Waals surface area contributed by atoms with Crippen molar-refractivity contribution in [2.45, 2.75) is 12.8 Å². The van der Waals surface area contributed by atoms with Crippen molar-refractivity contribution in [3.63, 3.8) is 0 Å². The Bertz CT molecular complexity index is 809. The zero-order valence-electron chi connectivity index (χ0n) is 12.1. The zero-order valence-corrected chi connectivity index (χ0v) is 12.9. The van der Waals surface area contributed by atoms with Crippen LogP contribution in [-0.2, 0) is 16.0 Å². The summed E-state index contributed by atoms with van der Waals surface area (Å²) in [6.07, 6.45) is 4.49. The molecule has 112 valence electrons. The van der Waals surface area contributed by atoms with E-state index in [2.05, 4.69) is 9.97 Å². The molecule has 22 heavy (non-hydrogen) atoms. The van der Waals surface area contributed by atoms with Crippen LogP contribution in [0, 0.1) is 0 Å². The summed E-state index contributed by atoms with van der Waals surface area (Å²) in [5.74, 6) is -0.222. The van der Waals surface area contributed by atoms with Crippen molar-refractivity contribution in [2.75, 3.05) is 7.11 Å². The van der Waals surface area contributed by atoms with E-state index in [0.29, 0.717) is 17.9 Å². The Morgan fingerprint density at radius 1 is 1.27 bits per heavy atom. The number of pyridine rings is 1. The summed E-state index contributed by atoms with van der Waals surface area (Å²) in [7, 11) is 1.40. The minimum atomic E-state index is -0.222. The number of esters is 1. The monoisotopic (exact) mass is 314 g/mol. The second kappa shape index (κ2) is 6.20. The molecule has 2 aromatic heterocycles. The van der Waals surface area contributed by atoms with E-state index in [4.69, 9.17) is 16.3 Å². The molecule has 0 saturated heterocycles. The fraction of sp³-hybridized carbons (Fsp3) is 0.176. The van der Waals surface area contributed by atoms with Gasteiger partial charge in [-0.2, -0.15) is 0 Å². The lowest BCUT2D eigenvalue weighted by atomic mass is 10.0. The number of halogens is 1. The van der Waals surface area contributed by atoms with Gasteiger partial charge in [-0.15, -0.1) is 0 Å². The van der Waals surface area contributed by atoms with Crippen LogP contribution in [0.1, 0.15) is 12.0 Å². The number of nitrogens with zero attached hydrogens (tertiary/aromatic N) is 1. The molecule has 0 spiro atoms. The molecule has 5 heteroatoms. The highest BCUT2D eigenvalue weighted by Gasteiger charge is 2.14. The predicted molar refractivity (Wildman–Crippen MR) is 86.9 cm³/mol. The second-order valence-corrected chi connectivity index (χ2v) is 5.42. The zero-order chi connectivity index (χ0) is 15.5. The second-order valence-electron chi connectivity index (χ2n) is 4.98.